The van der Waals surface area contributed by atoms with Gasteiger partial charge in [0.15, 0.2) is 28.2 Å². The van der Waals surface area contributed by atoms with Crippen molar-refractivity contribution in [2.75, 3.05) is 40.6 Å². The van der Waals surface area contributed by atoms with Gasteiger partial charge in [-0.05, 0) is 60.3 Å². The number of primary amides is 1. The summed E-state index contributed by atoms with van der Waals surface area (Å²) in [5.41, 5.74) is 3.21. The van der Waals surface area contributed by atoms with Crippen molar-refractivity contribution < 1.29 is 78.9 Å². The first-order valence-corrected chi connectivity index (χ1v) is 22.9. The van der Waals surface area contributed by atoms with Crippen molar-refractivity contribution in [3.05, 3.63) is 78.0 Å². The monoisotopic (exact) mass is 999 g/mol. The number of aromatic hydroxyl groups is 2. The first-order valence-electron chi connectivity index (χ1n) is 19.0. The van der Waals surface area contributed by atoms with Gasteiger partial charge in [-0.2, -0.15) is 26.6 Å². The van der Waals surface area contributed by atoms with Gasteiger partial charge >= 0.3 is 0 Å². The van der Waals surface area contributed by atoms with Crippen molar-refractivity contribution in [1.82, 2.24) is 9.78 Å². The van der Waals surface area contributed by atoms with Gasteiger partial charge in [0.25, 0.3) is 26.1 Å². The van der Waals surface area contributed by atoms with Gasteiger partial charge < -0.3 is 49.7 Å². The Kier molecular flexibility index (Phi) is 15.1. The summed E-state index contributed by atoms with van der Waals surface area (Å²) in [5, 5.41) is 69.5. The second-order valence-electron chi connectivity index (χ2n) is 13.6. The highest BCUT2D eigenvalue weighted by atomic mass is 32.2. The summed E-state index contributed by atoms with van der Waals surface area (Å²) in [6.07, 6.45) is 0. The lowest BCUT2D eigenvalue weighted by molar-refractivity contribution is 0.0995. The van der Waals surface area contributed by atoms with E-state index in [2.05, 4.69) is 35.8 Å². The Morgan fingerprint density at radius 2 is 1.29 bits per heavy atom. The summed E-state index contributed by atoms with van der Waals surface area (Å²) in [6, 6.07) is 13.1. The molecule has 1 aromatic heterocycles. The summed E-state index contributed by atoms with van der Waals surface area (Å²) in [7, 11) is -7.53. The molecule has 6 rings (SSSR count). The third kappa shape index (κ3) is 10.8. The van der Waals surface area contributed by atoms with Gasteiger partial charge in [0, 0.05) is 29.7 Å². The Bertz CT molecular complexity index is 3310. The van der Waals surface area contributed by atoms with Gasteiger partial charge in [0.2, 0.25) is 5.88 Å². The van der Waals surface area contributed by atoms with Crippen molar-refractivity contribution in [2.45, 2.75) is 21.6 Å². The fourth-order valence-electron chi connectivity index (χ4n) is 6.15. The molecule has 0 spiro atoms. The van der Waals surface area contributed by atoms with Gasteiger partial charge in [0.1, 0.15) is 74.4 Å². The number of hydrogen-bond donors (Lipinski definition) is 8. The van der Waals surface area contributed by atoms with Crippen LogP contribution in [0.25, 0.3) is 16.5 Å². The van der Waals surface area contributed by atoms with E-state index in [-0.39, 0.29) is 80.3 Å². The maximum absolute atomic E-state index is 12.8. The number of fused-ring (bicyclic) bond motifs is 1. The number of amides is 1. The number of methoxy groups -OCH3 is 2. The Labute approximate surface area is 386 Å². The minimum absolute atomic E-state index is 0.0162. The van der Waals surface area contributed by atoms with E-state index in [1.54, 1.807) is 0 Å². The summed E-state index contributed by atoms with van der Waals surface area (Å²) in [4.78, 5) is 10.9. The number of aliphatic hydroxyl groups is 2. The number of carbonyl (C=O) groups excluding carboxylic acids is 1. The standard InChI is InChI=1S/C39H37N9O17S3/c1-19-12-25(28(63-3)18-31(19)66(54)55)43-46-36-35(38(40)52)47-48(39(36)53)21-4-6-23-20(13-21)14-33(68(59,60)61)34(37(23)51)45-44-27-17-29(64-10-8-49)26(16-30(27)65-11-9-50)42-41-24-7-5-22(62-2)15-32(24)67(56,57)58/h4-7,12-18,49-51,53H,8-11H2,1-3H3,(H2,40,52)(H,54,55)(H,56,57,58)(H,59,60,61)/b42-41+,45-44+,46-43+. The number of benzene rings is 5. The molecule has 0 aliphatic heterocycles. The minimum atomic E-state index is -5.23. The van der Waals surface area contributed by atoms with E-state index < -0.39 is 88.9 Å². The molecule has 0 saturated carbocycles. The van der Waals surface area contributed by atoms with Crippen molar-refractivity contribution >= 4 is 82.1 Å². The van der Waals surface area contributed by atoms with Crippen LogP contribution < -0.4 is 24.7 Å². The van der Waals surface area contributed by atoms with E-state index in [4.69, 9.17) is 24.7 Å². The Hall–Kier alpha value is -7.51. The van der Waals surface area contributed by atoms with E-state index in [1.165, 1.54) is 63.6 Å². The average Bonchev–Trinajstić information content (AvgIpc) is 3.63. The molecule has 0 aliphatic rings. The number of azo groups is 3. The van der Waals surface area contributed by atoms with Crippen LogP contribution in [0.5, 0.6) is 34.6 Å². The maximum atomic E-state index is 12.8. The fraction of sp³-hybridized carbons (Fsp3) is 0.179. The molecule has 358 valence electrons. The first kappa shape index (κ1) is 49.9. The number of aryl methyl sites for hydroxylation is 1. The van der Waals surface area contributed by atoms with Crippen molar-refractivity contribution in [3.63, 3.8) is 0 Å². The zero-order valence-electron chi connectivity index (χ0n) is 35.3. The molecule has 6 aromatic rings. The van der Waals surface area contributed by atoms with Gasteiger partial charge in [-0.25, -0.2) is 4.21 Å². The summed E-state index contributed by atoms with van der Waals surface area (Å²) in [5.74, 6) is -3.08. The lowest BCUT2D eigenvalue weighted by Gasteiger charge is -2.13. The Morgan fingerprint density at radius 1 is 0.721 bits per heavy atom. The van der Waals surface area contributed by atoms with Crippen LogP contribution >= 0.6 is 0 Å². The Morgan fingerprint density at radius 3 is 1.84 bits per heavy atom. The van der Waals surface area contributed by atoms with Crippen molar-refractivity contribution in [2.24, 2.45) is 36.4 Å². The number of nitrogens with two attached hydrogens (primary N) is 1. The number of ether oxygens (including phenoxy) is 4. The largest absolute Gasteiger partial charge is 0.505 e. The number of nitrogens with zero attached hydrogens (tertiary/aromatic N) is 8. The molecule has 0 fully saturated rings. The molecular formula is C39H37N9O17S3. The van der Waals surface area contributed by atoms with E-state index >= 15 is 0 Å². The second kappa shape index (κ2) is 20.6. The summed E-state index contributed by atoms with van der Waals surface area (Å²) >= 11 is -2.36. The predicted molar refractivity (Wildman–Crippen MR) is 236 cm³/mol. The van der Waals surface area contributed by atoms with Gasteiger partial charge in [-0.1, -0.05) is 0 Å². The smallest absolute Gasteiger partial charge is 0.296 e. The quantitative estimate of drug-likeness (QED) is 0.0265. The van der Waals surface area contributed by atoms with Crippen LogP contribution in [0, 0.1) is 6.92 Å². The predicted octanol–water partition coefficient (Wildman–Crippen LogP) is 5.92. The highest BCUT2D eigenvalue weighted by molar-refractivity contribution is 7.86. The normalized spacial score (nSPS) is 12.6. The number of hydrogen-bond acceptors (Lipinski definition) is 21. The van der Waals surface area contributed by atoms with Crippen LogP contribution in [0.4, 0.5) is 34.1 Å². The number of aliphatic hydroxyl groups excluding tert-OH is 2. The molecule has 0 aliphatic carbocycles. The molecule has 0 saturated heterocycles. The Balaban J connectivity index is 1.43. The van der Waals surface area contributed by atoms with E-state index in [0.29, 0.717) is 5.56 Å². The van der Waals surface area contributed by atoms with Crippen LogP contribution in [-0.4, -0.2) is 111 Å². The minimum Gasteiger partial charge on any atom is -0.505 e. The number of phenols is 1. The van der Waals surface area contributed by atoms with Crippen LogP contribution in [0.2, 0.25) is 0 Å². The summed E-state index contributed by atoms with van der Waals surface area (Å²) in [6.45, 7) is -0.187. The van der Waals surface area contributed by atoms with Gasteiger partial charge in [-0.15, -0.1) is 30.7 Å². The lowest BCUT2D eigenvalue weighted by atomic mass is 10.1. The third-order valence-corrected chi connectivity index (χ3v) is 11.8. The lowest BCUT2D eigenvalue weighted by Crippen LogP contribution is -2.12. The molecule has 68 heavy (non-hydrogen) atoms. The third-order valence-electron chi connectivity index (χ3n) is 9.26. The molecule has 1 unspecified atom stereocenters. The zero-order chi connectivity index (χ0) is 49.7. The number of carbonyl (C=O) groups is 1. The SMILES string of the molecule is COc1ccc(/N=N/c2cc(OCCO)c(/N=N/c3c(S(=O)(=O)O)cc4cc(-n5nc(C(N)=O)c(/N=N/c6cc(C)c(S(=O)O)cc6OC)c5O)ccc4c3O)cc2OCCO)c(S(=O)(=O)O)c1. The van der Waals surface area contributed by atoms with Gasteiger partial charge in [0.05, 0.1) is 38.0 Å². The molecule has 1 atom stereocenters. The number of phenolic OH excluding ortho intramolecular Hbond substituents is 1. The van der Waals surface area contributed by atoms with Gasteiger partial charge in [-0.3, -0.25) is 13.9 Å². The fourth-order valence-corrected chi connectivity index (χ4v) is 7.99. The van der Waals surface area contributed by atoms with Crippen LogP contribution in [0.15, 0.2) is 112 Å². The van der Waals surface area contributed by atoms with E-state index in [0.717, 1.165) is 28.9 Å². The van der Waals surface area contributed by atoms with Crippen molar-refractivity contribution in [1.29, 1.82) is 0 Å². The molecule has 29 heteroatoms. The molecule has 26 nitrogen and oxygen atoms in total. The average molecular weight is 1000 g/mol. The molecule has 1 amide bonds. The van der Waals surface area contributed by atoms with Crippen molar-refractivity contribution in [3.8, 4) is 40.3 Å². The topological polar surface area (TPSA) is 399 Å². The van der Waals surface area contributed by atoms with E-state index in [1.807, 2.05) is 0 Å². The first-order chi connectivity index (χ1) is 32.2. The zero-order valence-corrected chi connectivity index (χ0v) is 37.7. The molecular weight excluding hydrogens is 963 g/mol. The highest BCUT2D eigenvalue weighted by Crippen LogP contribution is 2.46. The maximum Gasteiger partial charge on any atom is 0.296 e. The van der Waals surface area contributed by atoms with Crippen LogP contribution in [0.3, 0.4) is 0 Å². The van der Waals surface area contributed by atoms with Crippen LogP contribution in [0.1, 0.15) is 16.1 Å². The molecule has 9 N–H and O–H groups in total. The molecule has 5 aromatic carbocycles. The van der Waals surface area contributed by atoms with Crippen LogP contribution in [-0.2, 0) is 31.3 Å². The highest BCUT2D eigenvalue weighted by Gasteiger charge is 2.26. The molecule has 0 bridgehead atoms. The number of rotatable bonds is 19. The second-order valence-corrected chi connectivity index (χ2v) is 17.3. The van der Waals surface area contributed by atoms with E-state index in [9.17, 15) is 59.9 Å². The molecule has 0 radical (unpaired) electrons. The summed E-state index contributed by atoms with van der Waals surface area (Å²) < 4.78 is 114. The number of aromatic nitrogens is 2. The molecule has 1 heterocycles.